The molecule has 0 fully saturated rings. The summed E-state index contributed by atoms with van der Waals surface area (Å²) in [5.41, 5.74) is 0.530. The molecule has 0 aliphatic rings. The second kappa shape index (κ2) is 4.88. The highest BCUT2D eigenvalue weighted by Gasteiger charge is 2.27. The van der Waals surface area contributed by atoms with Gasteiger partial charge in [0, 0.05) is 22.7 Å². The van der Waals surface area contributed by atoms with E-state index in [0.29, 0.717) is 11.6 Å². The molecule has 0 unspecified atom stereocenters. The number of nitrogens with zero attached hydrogens (tertiary/aromatic N) is 1. The molecule has 0 atom stereocenters. The van der Waals surface area contributed by atoms with Crippen LogP contribution in [0.5, 0.6) is 0 Å². The summed E-state index contributed by atoms with van der Waals surface area (Å²) in [6.07, 6.45) is 0. The van der Waals surface area contributed by atoms with E-state index in [0.717, 1.165) is 5.69 Å². The van der Waals surface area contributed by atoms with Crippen molar-refractivity contribution >= 4 is 23.2 Å². The Hall–Kier alpha value is -1.02. The smallest absolute Gasteiger partial charge is 0.232 e. The molecule has 0 saturated heterocycles. The Bertz CT molecular complexity index is 365. The van der Waals surface area contributed by atoms with Crippen LogP contribution in [-0.4, -0.2) is 12.5 Å². The lowest BCUT2D eigenvalue weighted by molar-refractivity contribution is -0.125. The molecule has 0 radical (unpaired) electrons. The third-order valence-electron chi connectivity index (χ3n) is 2.34. The molecule has 16 heavy (non-hydrogen) atoms. The van der Waals surface area contributed by atoms with Gasteiger partial charge in [0.1, 0.15) is 0 Å². The molecule has 0 heterocycles. The molecule has 0 N–H and O–H groups in total. The number of carbonyl (C=O) groups excluding carboxylic acids is 1. The summed E-state index contributed by atoms with van der Waals surface area (Å²) in [5, 5.41) is 0.683. The first-order valence-electron chi connectivity index (χ1n) is 5.44. The summed E-state index contributed by atoms with van der Waals surface area (Å²) in [5.74, 6) is 0.123. The maximum Gasteiger partial charge on any atom is 0.232 e. The number of anilines is 1. The van der Waals surface area contributed by atoms with Gasteiger partial charge < -0.3 is 4.90 Å². The van der Waals surface area contributed by atoms with Crippen LogP contribution in [0, 0.1) is 5.41 Å². The SMILES string of the molecule is CCN(C(=O)C(C)(C)C)c1ccc(Cl)cc1. The van der Waals surface area contributed by atoms with Crippen molar-refractivity contribution in [3.05, 3.63) is 29.3 Å². The fourth-order valence-electron chi connectivity index (χ4n) is 1.47. The first kappa shape index (κ1) is 13.0. The van der Waals surface area contributed by atoms with Gasteiger partial charge in [-0.15, -0.1) is 0 Å². The molecule has 1 amide bonds. The van der Waals surface area contributed by atoms with Crippen molar-refractivity contribution in [1.82, 2.24) is 0 Å². The van der Waals surface area contributed by atoms with Crippen molar-refractivity contribution in [3.63, 3.8) is 0 Å². The monoisotopic (exact) mass is 239 g/mol. The standard InChI is InChI=1S/C13H18ClNO/c1-5-15(12(16)13(2,3)4)11-8-6-10(14)7-9-11/h6-9H,5H2,1-4H3. The van der Waals surface area contributed by atoms with Gasteiger partial charge in [0.2, 0.25) is 5.91 Å². The van der Waals surface area contributed by atoms with E-state index >= 15 is 0 Å². The molecule has 3 heteroatoms. The average Bonchev–Trinajstić information content (AvgIpc) is 2.20. The molecule has 1 aromatic carbocycles. The van der Waals surface area contributed by atoms with Gasteiger partial charge in [0.05, 0.1) is 0 Å². The number of benzene rings is 1. The molecule has 1 aromatic rings. The minimum absolute atomic E-state index is 0.123. The summed E-state index contributed by atoms with van der Waals surface area (Å²) in [7, 11) is 0. The van der Waals surface area contributed by atoms with E-state index < -0.39 is 0 Å². The zero-order valence-electron chi connectivity index (χ0n) is 10.2. The van der Waals surface area contributed by atoms with Crippen LogP contribution in [-0.2, 0) is 4.79 Å². The van der Waals surface area contributed by atoms with E-state index in [1.54, 1.807) is 17.0 Å². The van der Waals surface area contributed by atoms with E-state index in [9.17, 15) is 4.79 Å². The quantitative estimate of drug-likeness (QED) is 0.770. The van der Waals surface area contributed by atoms with Gasteiger partial charge in [-0.1, -0.05) is 32.4 Å². The van der Waals surface area contributed by atoms with Gasteiger partial charge in [0.25, 0.3) is 0 Å². The highest BCUT2D eigenvalue weighted by molar-refractivity contribution is 6.30. The van der Waals surface area contributed by atoms with Crippen LogP contribution >= 0.6 is 11.6 Å². The number of rotatable bonds is 2. The van der Waals surface area contributed by atoms with Gasteiger partial charge in [-0.25, -0.2) is 0 Å². The Labute approximate surface area is 102 Å². The number of amides is 1. The number of hydrogen-bond donors (Lipinski definition) is 0. The van der Waals surface area contributed by atoms with Gasteiger partial charge in [-0.2, -0.15) is 0 Å². The average molecular weight is 240 g/mol. The molecule has 0 bridgehead atoms. The molecule has 0 spiro atoms. The Balaban J connectivity index is 2.99. The second-order valence-electron chi connectivity index (χ2n) is 4.78. The van der Waals surface area contributed by atoms with Crippen molar-refractivity contribution in [2.75, 3.05) is 11.4 Å². The minimum Gasteiger partial charge on any atom is -0.312 e. The number of hydrogen-bond acceptors (Lipinski definition) is 1. The Kier molecular flexibility index (Phi) is 3.98. The van der Waals surface area contributed by atoms with E-state index in [1.165, 1.54) is 0 Å². The number of carbonyl (C=O) groups is 1. The summed E-state index contributed by atoms with van der Waals surface area (Å²) >= 11 is 5.83. The van der Waals surface area contributed by atoms with E-state index in [1.807, 2.05) is 39.8 Å². The molecule has 1 rings (SSSR count). The largest absolute Gasteiger partial charge is 0.312 e. The predicted molar refractivity (Wildman–Crippen MR) is 68.9 cm³/mol. The molecule has 0 aliphatic heterocycles. The fraction of sp³-hybridized carbons (Fsp3) is 0.462. The lowest BCUT2D eigenvalue weighted by Gasteiger charge is -2.28. The van der Waals surface area contributed by atoms with Crippen LogP contribution < -0.4 is 4.90 Å². The van der Waals surface area contributed by atoms with Crippen LogP contribution in [0.25, 0.3) is 0 Å². The Morgan fingerprint density at radius 3 is 2.12 bits per heavy atom. The first-order valence-corrected chi connectivity index (χ1v) is 5.81. The molecule has 88 valence electrons. The lowest BCUT2D eigenvalue weighted by atomic mass is 9.94. The third kappa shape index (κ3) is 2.99. The van der Waals surface area contributed by atoms with Crippen LogP contribution in [0.2, 0.25) is 5.02 Å². The van der Waals surface area contributed by atoms with Gasteiger partial charge in [-0.3, -0.25) is 4.79 Å². The first-order chi connectivity index (χ1) is 7.36. The van der Waals surface area contributed by atoms with Crippen molar-refractivity contribution in [2.24, 2.45) is 5.41 Å². The van der Waals surface area contributed by atoms with Crippen molar-refractivity contribution < 1.29 is 4.79 Å². The highest BCUT2D eigenvalue weighted by Crippen LogP contribution is 2.24. The molecular weight excluding hydrogens is 222 g/mol. The summed E-state index contributed by atoms with van der Waals surface area (Å²) in [6.45, 7) is 8.41. The summed E-state index contributed by atoms with van der Waals surface area (Å²) in [4.78, 5) is 13.9. The predicted octanol–water partition coefficient (Wildman–Crippen LogP) is 3.74. The van der Waals surface area contributed by atoms with Crippen molar-refractivity contribution in [3.8, 4) is 0 Å². The topological polar surface area (TPSA) is 20.3 Å². The van der Waals surface area contributed by atoms with Gasteiger partial charge in [0.15, 0.2) is 0 Å². The third-order valence-corrected chi connectivity index (χ3v) is 2.59. The van der Waals surface area contributed by atoms with Crippen LogP contribution in [0.15, 0.2) is 24.3 Å². The molecule has 2 nitrogen and oxygen atoms in total. The van der Waals surface area contributed by atoms with Crippen molar-refractivity contribution in [1.29, 1.82) is 0 Å². The Morgan fingerprint density at radius 2 is 1.75 bits per heavy atom. The molecular formula is C13H18ClNO. The van der Waals surface area contributed by atoms with E-state index in [2.05, 4.69) is 0 Å². The summed E-state index contributed by atoms with van der Waals surface area (Å²) in [6, 6.07) is 7.34. The van der Waals surface area contributed by atoms with Crippen molar-refractivity contribution in [2.45, 2.75) is 27.7 Å². The molecule has 0 aliphatic carbocycles. The zero-order valence-corrected chi connectivity index (χ0v) is 11.0. The van der Waals surface area contributed by atoms with Crippen LogP contribution in [0.3, 0.4) is 0 Å². The van der Waals surface area contributed by atoms with Gasteiger partial charge in [-0.05, 0) is 31.2 Å². The normalized spacial score (nSPS) is 11.3. The lowest BCUT2D eigenvalue weighted by Crippen LogP contribution is -2.39. The van der Waals surface area contributed by atoms with Crippen LogP contribution in [0.4, 0.5) is 5.69 Å². The molecule has 0 saturated carbocycles. The number of halogens is 1. The highest BCUT2D eigenvalue weighted by atomic mass is 35.5. The van der Waals surface area contributed by atoms with Crippen LogP contribution in [0.1, 0.15) is 27.7 Å². The zero-order chi connectivity index (χ0) is 12.3. The fourth-order valence-corrected chi connectivity index (χ4v) is 1.60. The minimum atomic E-state index is -0.365. The maximum absolute atomic E-state index is 12.2. The Morgan fingerprint density at radius 1 is 1.25 bits per heavy atom. The molecule has 0 aromatic heterocycles. The maximum atomic E-state index is 12.2. The van der Waals surface area contributed by atoms with E-state index in [-0.39, 0.29) is 11.3 Å². The second-order valence-corrected chi connectivity index (χ2v) is 5.21. The van der Waals surface area contributed by atoms with E-state index in [4.69, 9.17) is 11.6 Å². The summed E-state index contributed by atoms with van der Waals surface area (Å²) < 4.78 is 0. The van der Waals surface area contributed by atoms with Gasteiger partial charge >= 0.3 is 0 Å².